The molecule has 1 saturated carbocycles. The van der Waals surface area contributed by atoms with E-state index in [4.69, 9.17) is 10.5 Å². The Morgan fingerprint density at radius 3 is 2.78 bits per heavy atom. The fraction of sp³-hybridized carbons (Fsp3) is 0.462. The van der Waals surface area contributed by atoms with Crippen LogP contribution in [0.1, 0.15) is 37.3 Å². The quantitative estimate of drug-likeness (QED) is 0.882. The first-order chi connectivity index (χ1) is 8.65. The number of hydrogen-bond donors (Lipinski definition) is 2. The van der Waals surface area contributed by atoms with Gasteiger partial charge in [0.1, 0.15) is 11.8 Å². The molecule has 96 valence electrons. The van der Waals surface area contributed by atoms with Gasteiger partial charge in [0.25, 0.3) is 0 Å². The number of ether oxygens (including phenoxy) is 1. The summed E-state index contributed by atoms with van der Waals surface area (Å²) in [5.41, 5.74) is 7.39. The average molecular weight is 311 g/mol. The molecule has 0 aromatic heterocycles. The lowest BCUT2D eigenvalue weighted by Crippen LogP contribution is -2.19. The zero-order chi connectivity index (χ0) is 12.7. The molecule has 1 atom stereocenters. The lowest BCUT2D eigenvalue weighted by molar-refractivity contribution is -0.116. The third-order valence-electron chi connectivity index (χ3n) is 3.58. The molecule has 0 spiro atoms. The Morgan fingerprint density at radius 1 is 1.33 bits per heavy atom. The van der Waals surface area contributed by atoms with Crippen molar-refractivity contribution in [3.8, 4) is 5.75 Å². The van der Waals surface area contributed by atoms with E-state index in [0.29, 0.717) is 6.10 Å². The molecule has 1 amide bonds. The van der Waals surface area contributed by atoms with E-state index in [2.05, 4.69) is 21.2 Å². The van der Waals surface area contributed by atoms with Gasteiger partial charge in [-0.3, -0.25) is 4.79 Å². The van der Waals surface area contributed by atoms with Crippen LogP contribution in [-0.4, -0.2) is 12.0 Å². The molecule has 3 N–H and O–H groups in total. The minimum Gasteiger partial charge on any atom is -0.489 e. The second-order valence-corrected chi connectivity index (χ2v) is 5.72. The highest BCUT2D eigenvalue weighted by Crippen LogP contribution is 2.39. The molecule has 0 radical (unpaired) electrons. The maximum Gasteiger partial charge on any atom is 0.245 e. The van der Waals surface area contributed by atoms with Crippen LogP contribution in [0.4, 0.5) is 5.69 Å². The zero-order valence-corrected chi connectivity index (χ0v) is 11.5. The summed E-state index contributed by atoms with van der Waals surface area (Å²) in [5, 5.41) is 2.77. The van der Waals surface area contributed by atoms with Gasteiger partial charge in [-0.05, 0) is 47.7 Å². The fourth-order valence-corrected chi connectivity index (χ4v) is 3.02. The minimum absolute atomic E-state index is 0.157. The molecular formula is C13H15BrN2O2. The van der Waals surface area contributed by atoms with E-state index >= 15 is 0 Å². The molecular weight excluding hydrogens is 296 g/mol. The predicted octanol–water partition coefficient (Wildman–Crippen LogP) is 2.72. The Labute approximate surface area is 114 Å². The van der Waals surface area contributed by atoms with E-state index in [9.17, 15) is 4.79 Å². The lowest BCUT2D eigenvalue weighted by atomic mass is 10.1. The van der Waals surface area contributed by atoms with Crippen molar-refractivity contribution in [2.24, 2.45) is 5.73 Å². The van der Waals surface area contributed by atoms with Crippen LogP contribution < -0.4 is 15.8 Å². The first kappa shape index (κ1) is 12.0. The molecule has 18 heavy (non-hydrogen) atoms. The van der Waals surface area contributed by atoms with Crippen molar-refractivity contribution in [3.05, 3.63) is 22.2 Å². The van der Waals surface area contributed by atoms with Crippen LogP contribution in [0.5, 0.6) is 5.75 Å². The monoisotopic (exact) mass is 310 g/mol. The summed E-state index contributed by atoms with van der Waals surface area (Å²) in [7, 11) is 0. The Balaban J connectivity index is 1.88. The molecule has 1 aliphatic carbocycles. The van der Waals surface area contributed by atoms with E-state index in [1.54, 1.807) is 0 Å². The molecule has 1 fully saturated rings. The molecule has 1 unspecified atom stereocenters. The van der Waals surface area contributed by atoms with E-state index in [1.165, 1.54) is 12.8 Å². The number of hydrogen-bond acceptors (Lipinski definition) is 3. The maximum absolute atomic E-state index is 11.5. The molecule has 2 aliphatic rings. The van der Waals surface area contributed by atoms with E-state index in [0.717, 1.165) is 34.3 Å². The first-order valence-corrected chi connectivity index (χ1v) is 7.01. The minimum atomic E-state index is -0.572. The second kappa shape index (κ2) is 4.55. The number of amides is 1. The molecule has 0 bridgehead atoms. The topological polar surface area (TPSA) is 64.4 Å². The van der Waals surface area contributed by atoms with Gasteiger partial charge in [0.05, 0.1) is 10.6 Å². The Hall–Kier alpha value is -1.07. The van der Waals surface area contributed by atoms with Gasteiger partial charge < -0.3 is 15.8 Å². The van der Waals surface area contributed by atoms with E-state index in [-0.39, 0.29) is 5.91 Å². The Morgan fingerprint density at radius 2 is 2.06 bits per heavy atom. The lowest BCUT2D eigenvalue weighted by Gasteiger charge is -2.15. The van der Waals surface area contributed by atoms with Crippen molar-refractivity contribution in [1.29, 1.82) is 0 Å². The standard InChI is InChI=1S/C13H15BrN2O2/c14-9-5-8-10(16-13(17)12(8)15)6-11(9)18-7-3-1-2-4-7/h5-7,12H,1-4,15H2,(H,16,17). The number of nitrogens with one attached hydrogen (secondary N) is 1. The summed E-state index contributed by atoms with van der Waals surface area (Å²) in [4.78, 5) is 11.5. The van der Waals surface area contributed by atoms with Crippen LogP contribution in [0.15, 0.2) is 16.6 Å². The third-order valence-corrected chi connectivity index (χ3v) is 4.19. The van der Waals surface area contributed by atoms with Crippen LogP contribution in [0.3, 0.4) is 0 Å². The predicted molar refractivity (Wildman–Crippen MR) is 72.6 cm³/mol. The smallest absolute Gasteiger partial charge is 0.245 e. The summed E-state index contributed by atoms with van der Waals surface area (Å²) < 4.78 is 6.82. The largest absolute Gasteiger partial charge is 0.489 e. The van der Waals surface area contributed by atoms with E-state index < -0.39 is 6.04 Å². The van der Waals surface area contributed by atoms with Gasteiger partial charge in [0.2, 0.25) is 5.91 Å². The Bertz CT molecular complexity index is 498. The van der Waals surface area contributed by atoms with Crippen molar-refractivity contribution in [2.75, 3.05) is 5.32 Å². The number of halogens is 1. The number of fused-ring (bicyclic) bond motifs is 1. The van der Waals surface area contributed by atoms with Gasteiger partial charge in [-0.2, -0.15) is 0 Å². The van der Waals surface area contributed by atoms with Crippen molar-refractivity contribution in [3.63, 3.8) is 0 Å². The van der Waals surface area contributed by atoms with Gasteiger partial charge in [0.15, 0.2) is 0 Å². The molecule has 5 heteroatoms. The SMILES string of the molecule is NC1C(=O)Nc2cc(OC3CCCC3)c(Br)cc21. The molecule has 0 saturated heterocycles. The highest BCUT2D eigenvalue weighted by molar-refractivity contribution is 9.10. The van der Waals surface area contributed by atoms with Crippen LogP contribution >= 0.6 is 15.9 Å². The molecule has 1 aliphatic heterocycles. The van der Waals surface area contributed by atoms with Gasteiger partial charge >= 0.3 is 0 Å². The van der Waals surface area contributed by atoms with E-state index in [1.807, 2.05) is 12.1 Å². The van der Waals surface area contributed by atoms with Crippen molar-refractivity contribution < 1.29 is 9.53 Å². The van der Waals surface area contributed by atoms with Gasteiger partial charge in [-0.15, -0.1) is 0 Å². The normalized spacial score (nSPS) is 23.0. The number of carbonyl (C=O) groups is 1. The number of rotatable bonds is 2. The average Bonchev–Trinajstić information content (AvgIpc) is 2.92. The summed E-state index contributed by atoms with van der Waals surface area (Å²) >= 11 is 3.48. The zero-order valence-electron chi connectivity index (χ0n) is 9.91. The van der Waals surface area contributed by atoms with Crippen LogP contribution in [0.25, 0.3) is 0 Å². The number of carbonyl (C=O) groups excluding carboxylic acids is 1. The van der Waals surface area contributed by atoms with Crippen molar-refractivity contribution in [1.82, 2.24) is 0 Å². The summed E-state index contributed by atoms with van der Waals surface area (Å²) in [6.07, 6.45) is 4.97. The maximum atomic E-state index is 11.5. The van der Waals surface area contributed by atoms with Gasteiger partial charge in [-0.25, -0.2) is 0 Å². The summed E-state index contributed by atoms with van der Waals surface area (Å²) in [6.45, 7) is 0. The second-order valence-electron chi connectivity index (χ2n) is 4.86. The van der Waals surface area contributed by atoms with Crippen molar-refractivity contribution in [2.45, 2.75) is 37.8 Å². The fourth-order valence-electron chi connectivity index (χ4n) is 2.56. The number of nitrogens with two attached hydrogens (primary N) is 1. The summed E-state index contributed by atoms with van der Waals surface area (Å²) in [6, 6.07) is 3.17. The molecule has 4 nitrogen and oxygen atoms in total. The van der Waals surface area contributed by atoms with Crippen LogP contribution in [-0.2, 0) is 4.79 Å². The summed E-state index contributed by atoms with van der Waals surface area (Å²) in [5.74, 6) is 0.630. The molecule has 1 aromatic carbocycles. The highest BCUT2D eigenvalue weighted by atomic mass is 79.9. The first-order valence-electron chi connectivity index (χ1n) is 6.21. The number of anilines is 1. The Kier molecular flexibility index (Phi) is 3.03. The van der Waals surface area contributed by atoms with Gasteiger partial charge in [-0.1, -0.05) is 0 Å². The molecule has 1 heterocycles. The number of benzene rings is 1. The molecule has 3 rings (SSSR count). The van der Waals surface area contributed by atoms with Crippen LogP contribution in [0.2, 0.25) is 0 Å². The third kappa shape index (κ3) is 2.01. The van der Waals surface area contributed by atoms with Crippen LogP contribution in [0, 0.1) is 0 Å². The van der Waals surface area contributed by atoms with Gasteiger partial charge in [0, 0.05) is 17.3 Å². The van der Waals surface area contributed by atoms with Crippen molar-refractivity contribution >= 4 is 27.5 Å². The highest BCUT2D eigenvalue weighted by Gasteiger charge is 2.29. The molecule has 1 aromatic rings.